The minimum atomic E-state index is -0.414. The molecule has 1 heterocycles. The highest BCUT2D eigenvalue weighted by Gasteiger charge is 2.38. The Morgan fingerprint density at radius 1 is 1.40 bits per heavy atom. The van der Waals surface area contributed by atoms with Crippen LogP contribution in [-0.2, 0) is 19.1 Å². The second-order valence-corrected chi connectivity index (χ2v) is 5.64. The van der Waals surface area contributed by atoms with Crippen molar-refractivity contribution in [3.63, 3.8) is 0 Å². The highest BCUT2D eigenvalue weighted by Crippen LogP contribution is 2.32. The molecule has 2 aliphatic rings. The second-order valence-electron chi connectivity index (χ2n) is 5.64. The number of hydrogen-bond acceptors (Lipinski definition) is 4. The van der Waals surface area contributed by atoms with Crippen LogP contribution in [0.25, 0.3) is 0 Å². The minimum absolute atomic E-state index is 0.0554. The Kier molecular flexibility index (Phi) is 4.62. The normalized spacial score (nSPS) is 22.0. The van der Waals surface area contributed by atoms with E-state index in [1.54, 1.807) is 18.9 Å². The van der Waals surface area contributed by atoms with Crippen LogP contribution in [0.15, 0.2) is 0 Å². The number of ether oxygens (including phenoxy) is 1. The number of hydrogen-bond donors (Lipinski definition) is 0. The summed E-state index contributed by atoms with van der Waals surface area (Å²) in [5.74, 6) is -0.197. The molecule has 1 atom stereocenters. The number of nitrogens with zero attached hydrogens (tertiary/aromatic N) is 2. The van der Waals surface area contributed by atoms with Crippen LogP contribution in [0.3, 0.4) is 0 Å². The van der Waals surface area contributed by atoms with E-state index in [1.807, 2.05) is 0 Å². The zero-order valence-electron chi connectivity index (χ0n) is 12.1. The second kappa shape index (κ2) is 6.24. The van der Waals surface area contributed by atoms with Crippen molar-refractivity contribution in [3.8, 4) is 0 Å². The Labute approximate surface area is 119 Å². The van der Waals surface area contributed by atoms with Gasteiger partial charge in [-0.25, -0.2) is 0 Å². The van der Waals surface area contributed by atoms with Gasteiger partial charge in [0, 0.05) is 26.6 Å². The number of rotatable bonds is 6. The van der Waals surface area contributed by atoms with Crippen LogP contribution in [-0.4, -0.2) is 60.9 Å². The van der Waals surface area contributed by atoms with Gasteiger partial charge in [0.15, 0.2) is 0 Å². The first-order valence-corrected chi connectivity index (χ1v) is 7.19. The van der Waals surface area contributed by atoms with Crippen molar-refractivity contribution in [2.24, 2.45) is 11.8 Å². The summed E-state index contributed by atoms with van der Waals surface area (Å²) in [7, 11) is 1.58. The monoisotopic (exact) mass is 282 g/mol. The number of carbonyl (C=O) groups is 3. The van der Waals surface area contributed by atoms with Crippen molar-refractivity contribution in [1.82, 2.24) is 9.80 Å². The molecule has 6 heteroatoms. The van der Waals surface area contributed by atoms with E-state index >= 15 is 0 Å². The van der Waals surface area contributed by atoms with Gasteiger partial charge in [0.2, 0.25) is 11.8 Å². The van der Waals surface area contributed by atoms with Crippen LogP contribution in [0, 0.1) is 11.8 Å². The number of amides is 2. The van der Waals surface area contributed by atoms with E-state index in [0.29, 0.717) is 19.1 Å². The number of esters is 1. The van der Waals surface area contributed by atoms with Crippen LogP contribution in [0.1, 0.15) is 26.2 Å². The first kappa shape index (κ1) is 14.8. The molecule has 1 unspecified atom stereocenters. The maximum Gasteiger partial charge on any atom is 0.325 e. The lowest BCUT2D eigenvalue weighted by molar-refractivity contribution is -0.149. The summed E-state index contributed by atoms with van der Waals surface area (Å²) in [4.78, 5) is 38.6. The van der Waals surface area contributed by atoms with E-state index in [-0.39, 0.29) is 30.7 Å². The molecule has 1 aliphatic carbocycles. The Bertz CT molecular complexity index is 406. The fraction of sp³-hybridized carbons (Fsp3) is 0.786. The molecule has 20 heavy (non-hydrogen) atoms. The van der Waals surface area contributed by atoms with Crippen molar-refractivity contribution < 1.29 is 19.1 Å². The molecule has 1 saturated carbocycles. The van der Waals surface area contributed by atoms with Crippen molar-refractivity contribution in [2.75, 3.05) is 33.3 Å². The van der Waals surface area contributed by atoms with Gasteiger partial charge in [0.05, 0.1) is 12.5 Å². The molecule has 0 aromatic carbocycles. The van der Waals surface area contributed by atoms with E-state index in [4.69, 9.17) is 4.74 Å². The smallest absolute Gasteiger partial charge is 0.325 e. The third-order valence-corrected chi connectivity index (χ3v) is 3.79. The number of carbonyl (C=O) groups excluding carboxylic acids is 3. The lowest BCUT2D eigenvalue weighted by Gasteiger charge is -2.20. The summed E-state index contributed by atoms with van der Waals surface area (Å²) in [6.45, 7) is 3.24. The third-order valence-electron chi connectivity index (χ3n) is 3.79. The molecular formula is C14H22N2O4. The first-order chi connectivity index (χ1) is 9.51. The molecule has 2 fully saturated rings. The molecule has 0 radical (unpaired) electrons. The van der Waals surface area contributed by atoms with E-state index in [0.717, 1.165) is 6.54 Å². The largest absolute Gasteiger partial charge is 0.465 e. The van der Waals surface area contributed by atoms with Gasteiger partial charge in [-0.2, -0.15) is 0 Å². The molecular weight excluding hydrogens is 260 g/mol. The lowest BCUT2D eigenvalue weighted by atomic mass is 10.1. The first-order valence-electron chi connectivity index (χ1n) is 7.19. The fourth-order valence-corrected chi connectivity index (χ4v) is 2.52. The van der Waals surface area contributed by atoms with Gasteiger partial charge in [-0.15, -0.1) is 0 Å². The van der Waals surface area contributed by atoms with Gasteiger partial charge in [-0.3, -0.25) is 14.4 Å². The summed E-state index contributed by atoms with van der Waals surface area (Å²) in [6, 6.07) is 0. The molecule has 6 nitrogen and oxygen atoms in total. The number of likely N-dealkylation sites (tertiary alicyclic amines) is 1. The van der Waals surface area contributed by atoms with E-state index < -0.39 is 5.97 Å². The predicted octanol–water partition coefficient (Wildman–Crippen LogP) is 0.266. The molecule has 112 valence electrons. The van der Waals surface area contributed by atoms with E-state index in [9.17, 15) is 14.4 Å². The standard InChI is InChI=1S/C14H22N2O4/c1-3-20-13(18)9-15(2)14(19)11-6-12(17)16(8-11)7-10-4-5-10/h10-11H,3-9H2,1-2H3. The zero-order chi connectivity index (χ0) is 14.7. The zero-order valence-corrected chi connectivity index (χ0v) is 12.1. The van der Waals surface area contributed by atoms with Gasteiger partial charge in [0.25, 0.3) is 0 Å². The molecule has 1 aliphatic heterocycles. The van der Waals surface area contributed by atoms with Crippen LogP contribution >= 0.6 is 0 Å². The van der Waals surface area contributed by atoms with Crippen molar-refractivity contribution in [3.05, 3.63) is 0 Å². The summed E-state index contributed by atoms with van der Waals surface area (Å²) in [5.41, 5.74) is 0. The molecule has 0 spiro atoms. The molecule has 0 aromatic heterocycles. The average molecular weight is 282 g/mol. The fourth-order valence-electron chi connectivity index (χ4n) is 2.52. The van der Waals surface area contributed by atoms with Crippen LogP contribution < -0.4 is 0 Å². The number of likely N-dealkylation sites (N-methyl/N-ethyl adjacent to an activating group) is 1. The van der Waals surface area contributed by atoms with Gasteiger partial charge in [-0.1, -0.05) is 0 Å². The maximum absolute atomic E-state index is 12.2. The van der Waals surface area contributed by atoms with Crippen molar-refractivity contribution in [1.29, 1.82) is 0 Å². The average Bonchev–Trinajstić information content (AvgIpc) is 3.12. The molecule has 0 bridgehead atoms. The van der Waals surface area contributed by atoms with Gasteiger partial charge in [-0.05, 0) is 25.7 Å². The topological polar surface area (TPSA) is 66.9 Å². The van der Waals surface area contributed by atoms with Crippen LogP contribution in [0.2, 0.25) is 0 Å². The molecule has 0 aromatic rings. The summed E-state index contributed by atoms with van der Waals surface area (Å²) < 4.78 is 4.82. The van der Waals surface area contributed by atoms with E-state index in [1.165, 1.54) is 17.7 Å². The molecule has 2 rings (SSSR count). The SMILES string of the molecule is CCOC(=O)CN(C)C(=O)C1CC(=O)N(CC2CC2)C1. The van der Waals surface area contributed by atoms with E-state index in [2.05, 4.69) is 0 Å². The quantitative estimate of drug-likeness (QED) is 0.656. The van der Waals surface area contributed by atoms with Gasteiger partial charge < -0.3 is 14.5 Å². The summed E-state index contributed by atoms with van der Waals surface area (Å²) >= 11 is 0. The Morgan fingerprint density at radius 3 is 2.70 bits per heavy atom. The summed E-state index contributed by atoms with van der Waals surface area (Å²) in [6.07, 6.45) is 2.63. The van der Waals surface area contributed by atoms with Crippen LogP contribution in [0.5, 0.6) is 0 Å². The van der Waals surface area contributed by atoms with Gasteiger partial charge in [0.1, 0.15) is 6.54 Å². The third kappa shape index (κ3) is 3.71. The summed E-state index contributed by atoms with van der Waals surface area (Å²) in [5, 5.41) is 0. The Morgan fingerprint density at radius 2 is 2.10 bits per heavy atom. The van der Waals surface area contributed by atoms with Gasteiger partial charge >= 0.3 is 5.97 Å². The van der Waals surface area contributed by atoms with Crippen molar-refractivity contribution in [2.45, 2.75) is 26.2 Å². The van der Waals surface area contributed by atoms with Crippen LogP contribution in [0.4, 0.5) is 0 Å². The minimum Gasteiger partial charge on any atom is -0.465 e. The lowest BCUT2D eigenvalue weighted by Crippen LogP contribution is -2.38. The van der Waals surface area contributed by atoms with Crippen molar-refractivity contribution >= 4 is 17.8 Å². The molecule has 2 amide bonds. The highest BCUT2D eigenvalue weighted by atomic mass is 16.5. The molecule has 0 N–H and O–H groups in total. The highest BCUT2D eigenvalue weighted by molar-refractivity contribution is 5.90. The molecule has 1 saturated heterocycles. The maximum atomic E-state index is 12.2. The predicted molar refractivity (Wildman–Crippen MR) is 71.7 cm³/mol. The Hall–Kier alpha value is -1.59. The Balaban J connectivity index is 1.82.